The summed E-state index contributed by atoms with van der Waals surface area (Å²) in [6.45, 7) is 3.41. The van der Waals surface area contributed by atoms with Gasteiger partial charge in [-0.2, -0.15) is 0 Å². The minimum absolute atomic E-state index is 0.0468. The van der Waals surface area contributed by atoms with Crippen LogP contribution in [0.2, 0.25) is 0 Å². The van der Waals surface area contributed by atoms with E-state index in [1.807, 2.05) is 0 Å². The zero-order chi connectivity index (χ0) is 13.8. The van der Waals surface area contributed by atoms with Gasteiger partial charge in [0.15, 0.2) is 0 Å². The average Bonchev–Trinajstić information content (AvgIpc) is 2.95. The molecule has 7 heteroatoms. The predicted molar refractivity (Wildman–Crippen MR) is 67.3 cm³/mol. The second kappa shape index (κ2) is 6.31. The average molecular weight is 271 g/mol. The number of carbonyl (C=O) groups excluding carboxylic acids is 2. The highest BCUT2D eigenvalue weighted by atomic mass is 16.6. The van der Waals surface area contributed by atoms with E-state index in [9.17, 15) is 9.59 Å². The van der Waals surface area contributed by atoms with E-state index in [1.165, 1.54) is 0 Å². The van der Waals surface area contributed by atoms with Crippen molar-refractivity contribution in [3.8, 4) is 0 Å². The van der Waals surface area contributed by atoms with E-state index in [0.717, 1.165) is 19.5 Å². The molecule has 19 heavy (non-hydrogen) atoms. The molecule has 0 amide bonds. The van der Waals surface area contributed by atoms with Crippen molar-refractivity contribution in [2.75, 3.05) is 26.3 Å². The lowest BCUT2D eigenvalue weighted by Crippen LogP contribution is -2.38. The molecule has 0 unspecified atom stereocenters. The van der Waals surface area contributed by atoms with Crippen LogP contribution in [0.3, 0.4) is 0 Å². The van der Waals surface area contributed by atoms with Crippen molar-refractivity contribution in [1.29, 1.82) is 0 Å². The van der Waals surface area contributed by atoms with Gasteiger partial charge < -0.3 is 25.8 Å². The van der Waals surface area contributed by atoms with Gasteiger partial charge in [-0.05, 0) is 19.9 Å². The second-order valence-corrected chi connectivity index (χ2v) is 5.02. The lowest BCUT2D eigenvalue weighted by atomic mass is 9.97. The molecule has 7 nitrogen and oxygen atoms in total. The molecule has 0 spiro atoms. The number of nitrogens with two attached hydrogens (primary N) is 1. The van der Waals surface area contributed by atoms with Crippen LogP contribution in [-0.4, -0.2) is 56.4 Å². The molecule has 2 fully saturated rings. The largest absolute Gasteiger partial charge is 0.461 e. The molecule has 108 valence electrons. The molecule has 0 aromatic carbocycles. The van der Waals surface area contributed by atoms with Crippen molar-refractivity contribution in [2.45, 2.75) is 31.5 Å². The van der Waals surface area contributed by atoms with Crippen molar-refractivity contribution in [2.24, 2.45) is 11.7 Å². The SMILES string of the molecule is C[C@H](N)C(=O)OCCOC(=O)[C@@H]1NC[C@@H]2NCC[C@@H]21. The van der Waals surface area contributed by atoms with Gasteiger partial charge in [-0.1, -0.05) is 0 Å². The quantitative estimate of drug-likeness (QED) is 0.407. The van der Waals surface area contributed by atoms with Crippen molar-refractivity contribution in [3.05, 3.63) is 0 Å². The van der Waals surface area contributed by atoms with Gasteiger partial charge in [0.2, 0.25) is 0 Å². The van der Waals surface area contributed by atoms with E-state index >= 15 is 0 Å². The maximum Gasteiger partial charge on any atom is 0.323 e. The molecule has 0 aliphatic carbocycles. The van der Waals surface area contributed by atoms with E-state index in [2.05, 4.69) is 10.6 Å². The molecule has 0 aromatic heterocycles. The number of hydrogen-bond donors (Lipinski definition) is 3. The van der Waals surface area contributed by atoms with Gasteiger partial charge >= 0.3 is 11.9 Å². The molecular formula is C12H21N3O4. The monoisotopic (exact) mass is 271 g/mol. The Balaban J connectivity index is 1.66. The van der Waals surface area contributed by atoms with Crippen LogP contribution in [0.25, 0.3) is 0 Å². The van der Waals surface area contributed by atoms with Gasteiger partial charge in [0, 0.05) is 18.5 Å². The van der Waals surface area contributed by atoms with Gasteiger partial charge in [0.25, 0.3) is 0 Å². The Hall–Kier alpha value is -1.18. The Bertz CT molecular complexity index is 348. The molecule has 0 radical (unpaired) electrons. The summed E-state index contributed by atoms with van der Waals surface area (Å²) in [6.07, 6.45) is 0.983. The molecule has 4 N–H and O–H groups in total. The molecule has 4 atom stereocenters. The Labute approximate surface area is 112 Å². The lowest BCUT2D eigenvalue weighted by molar-refractivity contribution is -0.154. The third-order valence-electron chi connectivity index (χ3n) is 3.58. The molecule has 0 bridgehead atoms. The Morgan fingerprint density at radius 1 is 1.32 bits per heavy atom. The van der Waals surface area contributed by atoms with Gasteiger partial charge in [0.1, 0.15) is 25.3 Å². The Morgan fingerprint density at radius 2 is 2.05 bits per heavy atom. The van der Waals surface area contributed by atoms with Crippen LogP contribution in [-0.2, 0) is 19.1 Å². The topological polar surface area (TPSA) is 103 Å². The first-order valence-electron chi connectivity index (χ1n) is 6.65. The predicted octanol–water partition coefficient (Wildman–Crippen LogP) is -1.63. The summed E-state index contributed by atoms with van der Waals surface area (Å²) in [5.74, 6) is -0.456. The Kier molecular flexibility index (Phi) is 4.73. The van der Waals surface area contributed by atoms with E-state index in [0.29, 0.717) is 12.0 Å². The third-order valence-corrected chi connectivity index (χ3v) is 3.58. The molecule has 2 aliphatic rings. The van der Waals surface area contributed by atoms with Crippen LogP contribution in [0.1, 0.15) is 13.3 Å². The van der Waals surface area contributed by atoms with Gasteiger partial charge in [0.05, 0.1) is 0 Å². The fourth-order valence-electron chi connectivity index (χ4n) is 2.58. The minimum atomic E-state index is -0.655. The summed E-state index contributed by atoms with van der Waals surface area (Å²) in [5, 5.41) is 6.51. The van der Waals surface area contributed by atoms with Crippen molar-refractivity contribution < 1.29 is 19.1 Å². The summed E-state index contributed by atoms with van der Waals surface area (Å²) >= 11 is 0. The lowest BCUT2D eigenvalue weighted by Gasteiger charge is -2.16. The number of fused-ring (bicyclic) bond motifs is 1. The summed E-state index contributed by atoms with van der Waals surface area (Å²) in [6, 6.07) is -0.532. The number of ether oxygens (including phenoxy) is 2. The van der Waals surface area contributed by atoms with Crippen LogP contribution in [0.5, 0.6) is 0 Å². The Morgan fingerprint density at radius 3 is 2.79 bits per heavy atom. The maximum absolute atomic E-state index is 11.9. The standard InChI is InChI=1S/C12H21N3O4/c1-7(13)11(16)18-4-5-19-12(17)10-8-2-3-14-9(8)6-15-10/h7-10,14-15H,2-6,13H2,1H3/t7-,8-,9-,10+/m0/s1. The number of rotatable bonds is 5. The fourth-order valence-corrected chi connectivity index (χ4v) is 2.58. The molecule has 0 aromatic rings. The van der Waals surface area contributed by atoms with Gasteiger partial charge in [-0.15, -0.1) is 0 Å². The number of hydrogen-bond acceptors (Lipinski definition) is 7. The molecule has 2 rings (SSSR count). The van der Waals surface area contributed by atoms with Gasteiger partial charge in [-0.3, -0.25) is 9.59 Å². The van der Waals surface area contributed by atoms with Gasteiger partial charge in [-0.25, -0.2) is 0 Å². The van der Waals surface area contributed by atoms with E-state index < -0.39 is 12.0 Å². The highest BCUT2D eigenvalue weighted by molar-refractivity contribution is 5.77. The van der Waals surface area contributed by atoms with E-state index in [4.69, 9.17) is 15.2 Å². The van der Waals surface area contributed by atoms with Crippen LogP contribution >= 0.6 is 0 Å². The highest BCUT2D eigenvalue weighted by Crippen LogP contribution is 2.25. The minimum Gasteiger partial charge on any atom is -0.461 e. The smallest absolute Gasteiger partial charge is 0.323 e. The van der Waals surface area contributed by atoms with Crippen molar-refractivity contribution in [1.82, 2.24) is 10.6 Å². The normalized spacial score (nSPS) is 30.7. The number of carbonyl (C=O) groups is 2. The van der Waals surface area contributed by atoms with Crippen LogP contribution in [0, 0.1) is 5.92 Å². The molecule has 2 saturated heterocycles. The molecule has 2 aliphatic heterocycles. The molecule has 0 saturated carbocycles. The first kappa shape index (κ1) is 14.2. The number of nitrogens with one attached hydrogen (secondary N) is 2. The zero-order valence-electron chi connectivity index (χ0n) is 11.1. The summed E-state index contributed by atoms with van der Waals surface area (Å²) < 4.78 is 9.95. The van der Waals surface area contributed by atoms with Crippen molar-refractivity contribution in [3.63, 3.8) is 0 Å². The van der Waals surface area contributed by atoms with Crippen LogP contribution in [0.4, 0.5) is 0 Å². The summed E-state index contributed by atoms with van der Waals surface area (Å²) in [7, 11) is 0. The maximum atomic E-state index is 11.9. The second-order valence-electron chi connectivity index (χ2n) is 5.02. The highest BCUT2D eigenvalue weighted by Gasteiger charge is 2.43. The van der Waals surface area contributed by atoms with Crippen molar-refractivity contribution >= 4 is 11.9 Å². The fraction of sp³-hybridized carbons (Fsp3) is 0.833. The van der Waals surface area contributed by atoms with E-state index in [1.54, 1.807) is 6.92 Å². The van der Waals surface area contributed by atoms with E-state index in [-0.39, 0.29) is 25.2 Å². The first-order chi connectivity index (χ1) is 9.09. The first-order valence-corrected chi connectivity index (χ1v) is 6.65. The molecular weight excluding hydrogens is 250 g/mol. The van der Waals surface area contributed by atoms with Crippen LogP contribution < -0.4 is 16.4 Å². The molecule has 2 heterocycles. The summed E-state index contributed by atoms with van der Waals surface area (Å²) in [5.41, 5.74) is 5.34. The summed E-state index contributed by atoms with van der Waals surface area (Å²) in [4.78, 5) is 23.0. The van der Waals surface area contributed by atoms with Crippen LogP contribution in [0.15, 0.2) is 0 Å². The number of esters is 2. The zero-order valence-corrected chi connectivity index (χ0v) is 11.1. The third kappa shape index (κ3) is 3.43.